The Kier molecular flexibility index (Phi) is 4.46. The van der Waals surface area contributed by atoms with E-state index < -0.39 is 15.8 Å². The second-order valence-electron chi connectivity index (χ2n) is 5.52. The Morgan fingerprint density at radius 1 is 1.04 bits per heavy atom. The van der Waals surface area contributed by atoms with Crippen molar-refractivity contribution >= 4 is 27.0 Å². The Balaban J connectivity index is 1.63. The monoisotopic (exact) mass is 401 g/mol. The van der Waals surface area contributed by atoms with Crippen LogP contribution in [0.2, 0.25) is 0 Å². The van der Waals surface area contributed by atoms with E-state index in [1.54, 1.807) is 47.8 Å². The molecule has 0 atom stereocenters. The first-order valence-electron chi connectivity index (χ1n) is 7.78. The summed E-state index contributed by atoms with van der Waals surface area (Å²) < 4.78 is 46.4. The van der Waals surface area contributed by atoms with Gasteiger partial charge in [-0.25, -0.2) is 12.8 Å². The lowest BCUT2D eigenvalue weighted by Gasteiger charge is -2.06. The van der Waals surface area contributed by atoms with E-state index in [0.717, 1.165) is 11.3 Å². The van der Waals surface area contributed by atoms with Gasteiger partial charge >= 0.3 is 0 Å². The molecule has 2 aromatic heterocycles. The SMILES string of the molecule is O=S(=O)(Nc1cccc(-c2noc(-c3ccccc3F)n2)c1)c1cccs1. The van der Waals surface area contributed by atoms with E-state index in [2.05, 4.69) is 14.9 Å². The highest BCUT2D eigenvalue weighted by Crippen LogP contribution is 2.27. The minimum absolute atomic E-state index is 0.0488. The number of hydrogen-bond acceptors (Lipinski definition) is 6. The first-order chi connectivity index (χ1) is 13.0. The summed E-state index contributed by atoms with van der Waals surface area (Å²) in [6.07, 6.45) is 0. The van der Waals surface area contributed by atoms with Gasteiger partial charge in [-0.05, 0) is 35.7 Å². The van der Waals surface area contributed by atoms with Crippen molar-refractivity contribution in [3.05, 3.63) is 71.9 Å². The van der Waals surface area contributed by atoms with Crippen LogP contribution in [0.1, 0.15) is 0 Å². The molecule has 6 nitrogen and oxygen atoms in total. The molecule has 9 heteroatoms. The zero-order valence-electron chi connectivity index (χ0n) is 13.7. The average molecular weight is 401 g/mol. The van der Waals surface area contributed by atoms with Crippen LogP contribution in [0.3, 0.4) is 0 Å². The third-order valence-electron chi connectivity index (χ3n) is 3.66. The van der Waals surface area contributed by atoms with Crippen LogP contribution < -0.4 is 4.72 Å². The highest BCUT2D eigenvalue weighted by molar-refractivity contribution is 7.94. The van der Waals surface area contributed by atoms with Gasteiger partial charge in [-0.2, -0.15) is 4.98 Å². The zero-order chi connectivity index (χ0) is 18.9. The van der Waals surface area contributed by atoms with Crippen molar-refractivity contribution in [1.82, 2.24) is 10.1 Å². The van der Waals surface area contributed by atoms with Crippen LogP contribution in [0.5, 0.6) is 0 Å². The summed E-state index contributed by atoms with van der Waals surface area (Å²) in [4.78, 5) is 4.21. The van der Waals surface area contributed by atoms with Crippen molar-refractivity contribution in [3.8, 4) is 22.8 Å². The predicted octanol–water partition coefficient (Wildman–Crippen LogP) is 4.41. The number of anilines is 1. The molecule has 0 fully saturated rings. The van der Waals surface area contributed by atoms with E-state index in [4.69, 9.17) is 4.52 Å². The first-order valence-corrected chi connectivity index (χ1v) is 10.1. The minimum atomic E-state index is -3.66. The molecule has 1 N–H and O–H groups in total. The van der Waals surface area contributed by atoms with Gasteiger partial charge in [0.2, 0.25) is 5.82 Å². The van der Waals surface area contributed by atoms with E-state index in [-0.39, 0.29) is 21.5 Å². The first kappa shape index (κ1) is 17.4. The number of hydrogen-bond donors (Lipinski definition) is 1. The van der Waals surface area contributed by atoms with Gasteiger partial charge in [-0.3, -0.25) is 4.72 Å². The molecule has 27 heavy (non-hydrogen) atoms. The molecule has 0 spiro atoms. The van der Waals surface area contributed by atoms with E-state index in [0.29, 0.717) is 11.3 Å². The van der Waals surface area contributed by atoms with Crippen LogP contribution in [0, 0.1) is 5.82 Å². The fourth-order valence-electron chi connectivity index (χ4n) is 2.43. The van der Waals surface area contributed by atoms with Gasteiger partial charge in [0.15, 0.2) is 0 Å². The number of benzene rings is 2. The normalized spacial score (nSPS) is 11.4. The number of nitrogens with one attached hydrogen (secondary N) is 1. The zero-order valence-corrected chi connectivity index (χ0v) is 15.3. The summed E-state index contributed by atoms with van der Waals surface area (Å²) in [7, 11) is -3.66. The van der Waals surface area contributed by atoms with Crippen LogP contribution >= 0.6 is 11.3 Å². The Hall–Kier alpha value is -3.04. The summed E-state index contributed by atoms with van der Waals surface area (Å²) in [6.45, 7) is 0. The molecule has 4 rings (SSSR count). The Bertz CT molecular complexity index is 1190. The molecule has 0 saturated carbocycles. The summed E-state index contributed by atoms with van der Waals surface area (Å²) in [5, 5.41) is 5.55. The average Bonchev–Trinajstić information content (AvgIpc) is 3.35. The van der Waals surface area contributed by atoms with E-state index in [9.17, 15) is 12.8 Å². The van der Waals surface area contributed by atoms with Gasteiger partial charge < -0.3 is 4.52 Å². The second-order valence-corrected chi connectivity index (χ2v) is 8.38. The number of thiophene rings is 1. The number of nitrogens with zero attached hydrogens (tertiary/aromatic N) is 2. The maximum atomic E-state index is 13.9. The molecule has 0 radical (unpaired) electrons. The maximum absolute atomic E-state index is 13.9. The van der Waals surface area contributed by atoms with Gasteiger partial charge in [-0.15, -0.1) is 11.3 Å². The highest BCUT2D eigenvalue weighted by Gasteiger charge is 2.17. The molecule has 0 saturated heterocycles. The summed E-state index contributed by atoms with van der Waals surface area (Å²) in [6, 6.07) is 15.8. The Morgan fingerprint density at radius 3 is 2.67 bits per heavy atom. The molecular formula is C18H12FN3O3S2. The quantitative estimate of drug-likeness (QED) is 0.536. The molecule has 0 unspecified atom stereocenters. The third-order valence-corrected chi connectivity index (χ3v) is 6.44. The van der Waals surface area contributed by atoms with E-state index in [1.807, 2.05) is 0 Å². The van der Waals surface area contributed by atoms with Crippen molar-refractivity contribution in [2.24, 2.45) is 0 Å². The van der Waals surface area contributed by atoms with Crippen molar-refractivity contribution in [2.45, 2.75) is 4.21 Å². The highest BCUT2D eigenvalue weighted by atomic mass is 32.2. The summed E-state index contributed by atoms with van der Waals surface area (Å²) >= 11 is 1.13. The molecular weight excluding hydrogens is 389 g/mol. The van der Waals surface area contributed by atoms with Gasteiger partial charge in [0, 0.05) is 11.3 Å². The molecule has 0 aliphatic heterocycles. The number of aromatic nitrogens is 2. The molecule has 4 aromatic rings. The smallest absolute Gasteiger partial charge is 0.271 e. The predicted molar refractivity (Wildman–Crippen MR) is 100 cm³/mol. The molecule has 2 aromatic carbocycles. The minimum Gasteiger partial charge on any atom is -0.334 e. The fraction of sp³-hybridized carbons (Fsp3) is 0. The van der Waals surface area contributed by atoms with Crippen LogP contribution in [0.25, 0.3) is 22.8 Å². The number of sulfonamides is 1. The lowest BCUT2D eigenvalue weighted by molar-refractivity contribution is 0.429. The van der Waals surface area contributed by atoms with Crippen molar-refractivity contribution in [1.29, 1.82) is 0 Å². The molecule has 2 heterocycles. The van der Waals surface area contributed by atoms with Crippen LogP contribution in [-0.4, -0.2) is 18.6 Å². The van der Waals surface area contributed by atoms with Crippen LogP contribution in [-0.2, 0) is 10.0 Å². The standard InChI is InChI=1S/C18H12FN3O3S2/c19-15-8-2-1-7-14(15)18-20-17(21-25-18)12-5-3-6-13(11-12)22-27(23,24)16-9-4-10-26-16/h1-11,22H. The Labute approximate surface area is 158 Å². The molecule has 0 bridgehead atoms. The molecule has 0 aliphatic rings. The lowest BCUT2D eigenvalue weighted by atomic mass is 10.2. The molecule has 136 valence electrons. The molecule has 0 aliphatic carbocycles. The van der Waals surface area contributed by atoms with E-state index >= 15 is 0 Å². The fourth-order valence-corrected chi connectivity index (χ4v) is 4.47. The van der Waals surface area contributed by atoms with Gasteiger partial charge in [0.05, 0.1) is 5.56 Å². The lowest BCUT2D eigenvalue weighted by Crippen LogP contribution is -2.11. The number of rotatable bonds is 5. The number of halogens is 1. The van der Waals surface area contributed by atoms with Crippen molar-refractivity contribution in [2.75, 3.05) is 4.72 Å². The second kappa shape index (κ2) is 6.93. The largest absolute Gasteiger partial charge is 0.334 e. The van der Waals surface area contributed by atoms with E-state index in [1.165, 1.54) is 18.2 Å². The van der Waals surface area contributed by atoms with Crippen molar-refractivity contribution < 1.29 is 17.3 Å². The van der Waals surface area contributed by atoms with Gasteiger partial charge in [-0.1, -0.05) is 35.5 Å². The van der Waals surface area contributed by atoms with Crippen molar-refractivity contribution in [3.63, 3.8) is 0 Å². The van der Waals surface area contributed by atoms with Gasteiger partial charge in [0.1, 0.15) is 10.0 Å². The van der Waals surface area contributed by atoms with Gasteiger partial charge in [0.25, 0.3) is 15.9 Å². The topological polar surface area (TPSA) is 85.1 Å². The van der Waals surface area contributed by atoms with Crippen LogP contribution in [0.4, 0.5) is 10.1 Å². The summed E-state index contributed by atoms with van der Waals surface area (Å²) in [5.41, 5.74) is 1.09. The molecule has 0 amide bonds. The summed E-state index contributed by atoms with van der Waals surface area (Å²) in [5.74, 6) is -0.191. The maximum Gasteiger partial charge on any atom is 0.271 e. The third kappa shape index (κ3) is 3.60. The van der Waals surface area contributed by atoms with Crippen LogP contribution in [0.15, 0.2) is 74.8 Å². The Morgan fingerprint density at radius 2 is 1.89 bits per heavy atom.